The molecule has 0 aromatic heterocycles. The molecular weight excluding hydrogens is 348 g/mol. The molecule has 6 heteroatoms. The van der Waals surface area contributed by atoms with Crippen molar-refractivity contribution in [2.75, 3.05) is 19.6 Å². The van der Waals surface area contributed by atoms with Gasteiger partial charge in [0.05, 0.1) is 4.90 Å². The van der Waals surface area contributed by atoms with Gasteiger partial charge in [-0.2, -0.15) is 4.31 Å². The van der Waals surface area contributed by atoms with Crippen molar-refractivity contribution in [2.24, 2.45) is 0 Å². The Hall–Kier alpha value is -2.18. The smallest absolute Gasteiger partial charge is 0.251 e. The Labute approximate surface area is 156 Å². The molecule has 0 atom stereocenters. The van der Waals surface area contributed by atoms with Crippen molar-refractivity contribution < 1.29 is 13.2 Å². The summed E-state index contributed by atoms with van der Waals surface area (Å²) in [6, 6.07) is 14.2. The van der Waals surface area contributed by atoms with Crippen LogP contribution in [0.25, 0.3) is 0 Å². The second-order valence-corrected chi connectivity index (χ2v) is 7.99. The number of carbonyl (C=O) groups is 1. The Morgan fingerprint density at radius 2 is 1.73 bits per heavy atom. The van der Waals surface area contributed by atoms with Crippen molar-refractivity contribution in [1.82, 2.24) is 9.62 Å². The van der Waals surface area contributed by atoms with Gasteiger partial charge in [0, 0.05) is 25.2 Å². The minimum atomic E-state index is -3.57. The van der Waals surface area contributed by atoms with Crippen molar-refractivity contribution in [3.63, 3.8) is 0 Å². The lowest BCUT2D eigenvalue weighted by atomic mass is 10.1. The first-order valence-electron chi connectivity index (χ1n) is 8.83. The summed E-state index contributed by atoms with van der Waals surface area (Å²) in [4.78, 5) is 12.5. The lowest BCUT2D eigenvalue weighted by molar-refractivity contribution is 0.0954. The van der Waals surface area contributed by atoms with Crippen LogP contribution in [0.1, 0.15) is 35.3 Å². The predicted molar refractivity (Wildman–Crippen MR) is 104 cm³/mol. The summed E-state index contributed by atoms with van der Waals surface area (Å²) >= 11 is 0. The summed E-state index contributed by atoms with van der Waals surface area (Å²) in [7, 11) is -3.57. The summed E-state index contributed by atoms with van der Waals surface area (Å²) in [5.74, 6) is -0.268. The lowest BCUT2D eigenvalue weighted by Gasteiger charge is -2.18. The SMILES string of the molecule is CCN(CC)S(=O)(=O)c1cccc(C(=O)NCCc2ccccc2C)c1. The number of amides is 1. The van der Waals surface area contributed by atoms with Crippen LogP contribution in [0.15, 0.2) is 53.4 Å². The Bertz CT molecular complexity index is 859. The lowest BCUT2D eigenvalue weighted by Crippen LogP contribution is -2.31. The van der Waals surface area contributed by atoms with E-state index in [9.17, 15) is 13.2 Å². The minimum Gasteiger partial charge on any atom is -0.352 e. The van der Waals surface area contributed by atoms with Crippen molar-refractivity contribution in [2.45, 2.75) is 32.1 Å². The van der Waals surface area contributed by atoms with Crippen LogP contribution in [0.3, 0.4) is 0 Å². The van der Waals surface area contributed by atoms with Gasteiger partial charge in [0.2, 0.25) is 10.0 Å². The van der Waals surface area contributed by atoms with Crippen LogP contribution in [0.4, 0.5) is 0 Å². The molecule has 0 spiro atoms. The number of rotatable bonds is 8. The molecule has 0 bridgehead atoms. The van der Waals surface area contributed by atoms with E-state index in [-0.39, 0.29) is 10.8 Å². The highest BCUT2D eigenvalue weighted by atomic mass is 32.2. The standard InChI is InChI=1S/C20H26N2O3S/c1-4-22(5-2)26(24,25)19-12-8-11-18(15-19)20(23)21-14-13-17-10-7-6-9-16(17)3/h6-12,15H,4-5,13-14H2,1-3H3,(H,21,23). The zero-order chi connectivity index (χ0) is 19.2. The van der Waals surface area contributed by atoms with Crippen LogP contribution in [-0.2, 0) is 16.4 Å². The van der Waals surface area contributed by atoms with E-state index in [0.29, 0.717) is 25.2 Å². The molecule has 0 unspecified atom stereocenters. The molecule has 1 N–H and O–H groups in total. The Morgan fingerprint density at radius 1 is 1.04 bits per heavy atom. The molecule has 0 saturated heterocycles. The van der Waals surface area contributed by atoms with Crippen molar-refractivity contribution >= 4 is 15.9 Å². The molecule has 26 heavy (non-hydrogen) atoms. The molecule has 2 aromatic rings. The van der Waals surface area contributed by atoms with Crippen LogP contribution in [-0.4, -0.2) is 38.3 Å². The highest BCUT2D eigenvalue weighted by Crippen LogP contribution is 2.17. The van der Waals surface area contributed by atoms with Crippen molar-refractivity contribution in [3.8, 4) is 0 Å². The van der Waals surface area contributed by atoms with Crippen LogP contribution in [0.5, 0.6) is 0 Å². The number of hydrogen-bond donors (Lipinski definition) is 1. The maximum absolute atomic E-state index is 12.6. The van der Waals surface area contributed by atoms with Gasteiger partial charge in [-0.1, -0.05) is 44.2 Å². The second-order valence-electron chi connectivity index (χ2n) is 6.05. The molecule has 0 aliphatic rings. The third kappa shape index (κ3) is 4.71. The molecule has 0 fully saturated rings. The van der Waals surface area contributed by atoms with E-state index in [1.807, 2.05) is 31.2 Å². The van der Waals surface area contributed by atoms with Gasteiger partial charge >= 0.3 is 0 Å². The molecule has 5 nitrogen and oxygen atoms in total. The number of hydrogen-bond acceptors (Lipinski definition) is 3. The van der Waals surface area contributed by atoms with E-state index in [1.54, 1.807) is 26.0 Å². The van der Waals surface area contributed by atoms with Crippen molar-refractivity contribution in [1.29, 1.82) is 0 Å². The fraction of sp³-hybridized carbons (Fsp3) is 0.350. The molecule has 0 radical (unpaired) electrons. The molecule has 0 saturated carbocycles. The van der Waals surface area contributed by atoms with E-state index in [1.165, 1.54) is 27.6 Å². The zero-order valence-electron chi connectivity index (χ0n) is 15.5. The number of sulfonamides is 1. The fourth-order valence-corrected chi connectivity index (χ4v) is 4.32. The van der Waals surface area contributed by atoms with Gasteiger partial charge in [-0.25, -0.2) is 8.42 Å². The topological polar surface area (TPSA) is 66.5 Å². The van der Waals surface area contributed by atoms with E-state index in [0.717, 1.165) is 6.42 Å². The van der Waals surface area contributed by atoms with Gasteiger partial charge in [-0.3, -0.25) is 4.79 Å². The van der Waals surface area contributed by atoms with E-state index in [4.69, 9.17) is 0 Å². The van der Waals surface area contributed by atoms with Crippen LogP contribution in [0.2, 0.25) is 0 Å². The Kier molecular flexibility index (Phi) is 6.94. The number of aryl methyl sites for hydroxylation is 1. The van der Waals surface area contributed by atoms with Crippen LogP contribution in [0, 0.1) is 6.92 Å². The quantitative estimate of drug-likeness (QED) is 0.772. The molecule has 1 amide bonds. The largest absolute Gasteiger partial charge is 0.352 e. The summed E-state index contributed by atoms with van der Waals surface area (Å²) in [6.07, 6.45) is 0.732. The maximum Gasteiger partial charge on any atom is 0.251 e. The van der Waals surface area contributed by atoms with E-state index >= 15 is 0 Å². The number of nitrogens with zero attached hydrogens (tertiary/aromatic N) is 1. The van der Waals surface area contributed by atoms with Gasteiger partial charge in [-0.15, -0.1) is 0 Å². The Balaban J connectivity index is 2.07. The normalized spacial score (nSPS) is 11.5. The van der Waals surface area contributed by atoms with Gasteiger partial charge < -0.3 is 5.32 Å². The third-order valence-corrected chi connectivity index (χ3v) is 6.43. The molecular formula is C20H26N2O3S. The second kappa shape index (κ2) is 8.96. The number of carbonyl (C=O) groups excluding carboxylic acids is 1. The van der Waals surface area contributed by atoms with Crippen LogP contribution >= 0.6 is 0 Å². The third-order valence-electron chi connectivity index (χ3n) is 4.38. The van der Waals surface area contributed by atoms with E-state index in [2.05, 4.69) is 5.32 Å². The predicted octanol–water partition coefficient (Wildman–Crippen LogP) is 3.00. The molecule has 0 heterocycles. The van der Waals surface area contributed by atoms with Crippen LogP contribution < -0.4 is 5.32 Å². The van der Waals surface area contributed by atoms with Crippen molar-refractivity contribution in [3.05, 3.63) is 65.2 Å². The number of benzene rings is 2. The first-order chi connectivity index (χ1) is 12.4. The zero-order valence-corrected chi connectivity index (χ0v) is 16.3. The average molecular weight is 375 g/mol. The summed E-state index contributed by atoms with van der Waals surface area (Å²) < 4.78 is 26.6. The highest BCUT2D eigenvalue weighted by molar-refractivity contribution is 7.89. The monoisotopic (exact) mass is 374 g/mol. The first kappa shape index (κ1) is 20.1. The molecule has 140 valence electrons. The van der Waals surface area contributed by atoms with E-state index < -0.39 is 10.0 Å². The summed E-state index contributed by atoms with van der Waals surface area (Å²) in [6.45, 7) is 6.92. The van der Waals surface area contributed by atoms with Gasteiger partial charge in [0.25, 0.3) is 5.91 Å². The van der Waals surface area contributed by atoms with Gasteiger partial charge in [-0.05, 0) is 42.7 Å². The molecule has 2 rings (SSSR count). The maximum atomic E-state index is 12.6. The first-order valence-corrected chi connectivity index (χ1v) is 10.3. The summed E-state index contributed by atoms with van der Waals surface area (Å²) in [5, 5.41) is 2.86. The van der Waals surface area contributed by atoms with Gasteiger partial charge in [0.1, 0.15) is 0 Å². The van der Waals surface area contributed by atoms with Gasteiger partial charge in [0.15, 0.2) is 0 Å². The molecule has 2 aromatic carbocycles. The molecule has 0 aliphatic heterocycles. The Morgan fingerprint density at radius 3 is 2.38 bits per heavy atom. The highest BCUT2D eigenvalue weighted by Gasteiger charge is 2.22. The average Bonchev–Trinajstić information content (AvgIpc) is 2.64. The fourth-order valence-electron chi connectivity index (χ4n) is 2.81. The molecule has 0 aliphatic carbocycles. The number of nitrogens with one attached hydrogen (secondary N) is 1. The minimum absolute atomic E-state index is 0.146. The summed E-state index contributed by atoms with van der Waals surface area (Å²) in [5.41, 5.74) is 2.72.